The van der Waals surface area contributed by atoms with Gasteiger partial charge in [0.15, 0.2) is 11.3 Å². The van der Waals surface area contributed by atoms with Crippen molar-refractivity contribution in [1.82, 2.24) is 24.7 Å². The number of pyridine rings is 1. The maximum atomic E-state index is 12.6. The number of aryl methyl sites for hydroxylation is 1. The van der Waals surface area contributed by atoms with Crippen LogP contribution in [-0.2, 0) is 0 Å². The maximum Gasteiger partial charge on any atom is 0.274 e. The summed E-state index contributed by atoms with van der Waals surface area (Å²) in [5.74, 6) is 0.403. The third kappa shape index (κ3) is 3.09. The number of fused-ring (bicyclic) bond motifs is 1. The molecule has 1 N–H and O–H groups in total. The van der Waals surface area contributed by atoms with E-state index in [1.807, 2.05) is 30.4 Å². The average molecular weight is 356 g/mol. The van der Waals surface area contributed by atoms with Crippen LogP contribution in [-0.4, -0.2) is 31.3 Å². The van der Waals surface area contributed by atoms with Crippen molar-refractivity contribution in [3.05, 3.63) is 47.3 Å². The molecule has 0 saturated heterocycles. The number of halogens is 1. The van der Waals surface area contributed by atoms with Gasteiger partial charge in [-0.3, -0.25) is 9.20 Å². The lowest BCUT2D eigenvalue weighted by Gasteiger charge is -2.12. The molecular weight excluding hydrogens is 338 g/mol. The molecule has 0 radical (unpaired) electrons. The van der Waals surface area contributed by atoms with E-state index >= 15 is 0 Å². The Hall–Kier alpha value is -2.47. The first kappa shape index (κ1) is 16.0. The number of nitrogens with one attached hydrogen (secondary N) is 1. The van der Waals surface area contributed by atoms with Crippen LogP contribution in [0.2, 0.25) is 5.15 Å². The summed E-state index contributed by atoms with van der Waals surface area (Å²) in [6.07, 6.45) is 5.63. The Kier molecular flexibility index (Phi) is 3.92. The normalized spacial score (nSPS) is 15.3. The predicted octanol–water partition coefficient (Wildman–Crippen LogP) is 3.28. The molecule has 1 saturated carbocycles. The molecule has 0 aromatic carbocycles. The highest BCUT2D eigenvalue weighted by Gasteiger charge is 2.30. The highest BCUT2D eigenvalue weighted by molar-refractivity contribution is 6.29. The highest BCUT2D eigenvalue weighted by Crippen LogP contribution is 2.32. The van der Waals surface area contributed by atoms with E-state index in [2.05, 4.69) is 20.3 Å². The minimum Gasteiger partial charge on any atom is -0.348 e. The van der Waals surface area contributed by atoms with Gasteiger partial charge in [0.25, 0.3) is 5.91 Å². The Morgan fingerprint density at radius 2 is 2.16 bits per heavy atom. The number of hydrogen-bond donors (Lipinski definition) is 1. The lowest BCUT2D eigenvalue weighted by Crippen LogP contribution is -2.34. The standard InChI is InChI=1S/C18H18ClN5O/c1-10-7-14(13-5-6-20-15(19)8-13)23-17-16(21-9-24(10)17)18(25)22-11(2)12-3-4-12/h5-9,11-12H,3-4H2,1-2H3,(H,22,25). The maximum absolute atomic E-state index is 12.6. The predicted molar refractivity (Wildman–Crippen MR) is 95.6 cm³/mol. The molecular formula is C18H18ClN5O. The zero-order chi connectivity index (χ0) is 17.6. The summed E-state index contributed by atoms with van der Waals surface area (Å²) in [5, 5.41) is 3.44. The van der Waals surface area contributed by atoms with Crippen molar-refractivity contribution in [3.8, 4) is 11.3 Å². The second-order valence-electron chi connectivity index (χ2n) is 6.54. The Bertz CT molecular complexity index is 963. The third-order valence-electron chi connectivity index (χ3n) is 4.62. The van der Waals surface area contributed by atoms with Gasteiger partial charge in [-0.05, 0) is 50.8 Å². The van der Waals surface area contributed by atoms with Crippen LogP contribution in [0, 0.1) is 12.8 Å². The number of hydrogen-bond acceptors (Lipinski definition) is 4. The van der Waals surface area contributed by atoms with Crippen LogP contribution in [0.3, 0.4) is 0 Å². The number of imidazole rings is 1. The highest BCUT2D eigenvalue weighted by atomic mass is 35.5. The minimum atomic E-state index is -0.182. The van der Waals surface area contributed by atoms with Crippen LogP contribution in [0.4, 0.5) is 0 Å². The molecule has 3 aromatic heterocycles. The molecule has 128 valence electrons. The second-order valence-corrected chi connectivity index (χ2v) is 6.92. The number of amides is 1. The molecule has 1 amide bonds. The number of carbonyl (C=O) groups excluding carboxylic acids is 1. The van der Waals surface area contributed by atoms with Crippen molar-refractivity contribution >= 4 is 23.2 Å². The molecule has 1 aliphatic rings. The summed E-state index contributed by atoms with van der Waals surface area (Å²) in [6, 6.07) is 5.70. The Labute approximate surface area is 150 Å². The summed E-state index contributed by atoms with van der Waals surface area (Å²) < 4.78 is 1.82. The van der Waals surface area contributed by atoms with Crippen molar-refractivity contribution in [1.29, 1.82) is 0 Å². The fourth-order valence-electron chi connectivity index (χ4n) is 2.98. The molecule has 3 heterocycles. The smallest absolute Gasteiger partial charge is 0.274 e. The molecule has 1 atom stereocenters. The minimum absolute atomic E-state index is 0.160. The summed E-state index contributed by atoms with van der Waals surface area (Å²) in [7, 11) is 0. The first-order chi connectivity index (χ1) is 12.0. The summed E-state index contributed by atoms with van der Waals surface area (Å²) in [5.41, 5.74) is 3.42. The van der Waals surface area contributed by atoms with E-state index in [9.17, 15) is 4.79 Å². The number of carbonyl (C=O) groups is 1. The fourth-order valence-corrected chi connectivity index (χ4v) is 3.15. The molecule has 3 aromatic rings. The molecule has 25 heavy (non-hydrogen) atoms. The summed E-state index contributed by atoms with van der Waals surface area (Å²) in [4.78, 5) is 25.6. The van der Waals surface area contributed by atoms with Gasteiger partial charge in [-0.1, -0.05) is 11.6 Å². The van der Waals surface area contributed by atoms with Crippen molar-refractivity contribution < 1.29 is 4.79 Å². The number of rotatable bonds is 4. The van der Waals surface area contributed by atoms with Crippen molar-refractivity contribution in [2.75, 3.05) is 0 Å². The fraction of sp³-hybridized carbons (Fsp3) is 0.333. The molecule has 1 fully saturated rings. The number of nitrogens with zero attached hydrogens (tertiary/aromatic N) is 4. The molecule has 0 bridgehead atoms. The van der Waals surface area contributed by atoms with E-state index in [0.29, 0.717) is 22.4 Å². The van der Waals surface area contributed by atoms with Gasteiger partial charge < -0.3 is 5.32 Å². The Morgan fingerprint density at radius 1 is 1.36 bits per heavy atom. The van der Waals surface area contributed by atoms with Crippen LogP contribution < -0.4 is 5.32 Å². The zero-order valence-corrected chi connectivity index (χ0v) is 14.8. The second kappa shape index (κ2) is 6.11. The van der Waals surface area contributed by atoms with E-state index in [1.165, 1.54) is 12.8 Å². The molecule has 0 spiro atoms. The van der Waals surface area contributed by atoms with E-state index in [-0.39, 0.29) is 11.9 Å². The lowest BCUT2D eigenvalue weighted by molar-refractivity contribution is 0.0933. The van der Waals surface area contributed by atoms with Gasteiger partial charge in [-0.15, -0.1) is 0 Å². The van der Waals surface area contributed by atoms with Crippen LogP contribution in [0.1, 0.15) is 35.9 Å². The van der Waals surface area contributed by atoms with Gasteiger partial charge in [0, 0.05) is 23.5 Å². The first-order valence-electron chi connectivity index (χ1n) is 8.30. The van der Waals surface area contributed by atoms with Gasteiger partial charge >= 0.3 is 0 Å². The van der Waals surface area contributed by atoms with Gasteiger partial charge in [0.2, 0.25) is 0 Å². The monoisotopic (exact) mass is 355 g/mol. The van der Waals surface area contributed by atoms with Crippen LogP contribution in [0.15, 0.2) is 30.7 Å². The SMILES string of the molecule is Cc1cc(-c2ccnc(Cl)c2)nc2c(C(=O)NC(C)C3CC3)ncn12. The Balaban J connectivity index is 1.74. The molecule has 6 nitrogen and oxygen atoms in total. The topological polar surface area (TPSA) is 72.2 Å². The van der Waals surface area contributed by atoms with Crippen LogP contribution >= 0.6 is 11.6 Å². The molecule has 4 rings (SSSR count). The molecule has 1 aliphatic carbocycles. The quantitative estimate of drug-likeness (QED) is 0.729. The molecule has 1 unspecified atom stereocenters. The van der Waals surface area contributed by atoms with E-state index in [4.69, 9.17) is 11.6 Å². The van der Waals surface area contributed by atoms with Gasteiger partial charge in [-0.25, -0.2) is 15.0 Å². The first-order valence-corrected chi connectivity index (χ1v) is 8.68. The van der Waals surface area contributed by atoms with Crippen LogP contribution in [0.5, 0.6) is 0 Å². The largest absolute Gasteiger partial charge is 0.348 e. The molecule has 7 heteroatoms. The van der Waals surface area contributed by atoms with E-state index in [0.717, 1.165) is 17.0 Å². The van der Waals surface area contributed by atoms with E-state index < -0.39 is 0 Å². The van der Waals surface area contributed by atoms with Crippen LogP contribution in [0.25, 0.3) is 16.9 Å². The zero-order valence-electron chi connectivity index (χ0n) is 14.0. The van der Waals surface area contributed by atoms with Crippen molar-refractivity contribution in [3.63, 3.8) is 0 Å². The molecule has 0 aliphatic heterocycles. The Morgan fingerprint density at radius 3 is 2.88 bits per heavy atom. The van der Waals surface area contributed by atoms with Gasteiger partial charge in [-0.2, -0.15) is 0 Å². The lowest BCUT2D eigenvalue weighted by atomic mass is 10.1. The van der Waals surface area contributed by atoms with Gasteiger partial charge in [0.1, 0.15) is 11.5 Å². The summed E-state index contributed by atoms with van der Waals surface area (Å²) >= 11 is 5.99. The average Bonchev–Trinajstić information content (AvgIpc) is 3.34. The third-order valence-corrected chi connectivity index (χ3v) is 4.83. The van der Waals surface area contributed by atoms with Gasteiger partial charge in [0.05, 0.1) is 5.69 Å². The van der Waals surface area contributed by atoms with Crippen molar-refractivity contribution in [2.24, 2.45) is 5.92 Å². The van der Waals surface area contributed by atoms with Crippen molar-refractivity contribution in [2.45, 2.75) is 32.7 Å². The number of aromatic nitrogens is 4. The van der Waals surface area contributed by atoms with E-state index in [1.54, 1.807) is 18.6 Å². The summed E-state index contributed by atoms with van der Waals surface area (Å²) in [6.45, 7) is 3.99.